The van der Waals surface area contributed by atoms with Crippen molar-refractivity contribution < 1.29 is 0 Å². The van der Waals surface area contributed by atoms with Crippen molar-refractivity contribution >= 4 is 6.21 Å². The second kappa shape index (κ2) is 4.22. The van der Waals surface area contributed by atoms with Gasteiger partial charge < -0.3 is 4.57 Å². The summed E-state index contributed by atoms with van der Waals surface area (Å²) in [6, 6.07) is 5.47. The summed E-state index contributed by atoms with van der Waals surface area (Å²) >= 11 is 0. The first-order valence-electron chi connectivity index (χ1n) is 5.90. The SMILES string of the molecule is Cn1cc(-c2cnc3c(c2)C=NCC3)ccc1=O. The summed E-state index contributed by atoms with van der Waals surface area (Å²) in [6.45, 7) is 0.819. The van der Waals surface area contributed by atoms with E-state index in [9.17, 15) is 4.79 Å². The Bertz CT molecular complexity index is 686. The van der Waals surface area contributed by atoms with E-state index < -0.39 is 0 Å². The van der Waals surface area contributed by atoms with Crippen molar-refractivity contribution in [2.45, 2.75) is 6.42 Å². The van der Waals surface area contributed by atoms with Crippen molar-refractivity contribution in [3.8, 4) is 11.1 Å². The van der Waals surface area contributed by atoms with Crippen LogP contribution in [0.25, 0.3) is 11.1 Å². The molecule has 3 heterocycles. The lowest BCUT2D eigenvalue weighted by molar-refractivity contribution is 0.861. The molecule has 90 valence electrons. The second-order valence-electron chi connectivity index (χ2n) is 4.41. The zero-order valence-corrected chi connectivity index (χ0v) is 10.1. The van der Waals surface area contributed by atoms with Crippen LogP contribution < -0.4 is 5.56 Å². The molecule has 2 aromatic heterocycles. The standard InChI is InChI=1S/C14H13N3O/c1-17-9-10(2-3-14(17)18)11-6-12-7-15-5-4-13(12)16-8-11/h2-3,6-9H,4-5H2,1H3. The molecule has 0 saturated carbocycles. The molecule has 0 aliphatic carbocycles. The van der Waals surface area contributed by atoms with Crippen molar-refractivity contribution in [2.24, 2.45) is 12.0 Å². The summed E-state index contributed by atoms with van der Waals surface area (Å²) < 4.78 is 1.57. The number of pyridine rings is 2. The molecule has 0 amide bonds. The lowest BCUT2D eigenvalue weighted by Gasteiger charge is -2.11. The molecule has 0 radical (unpaired) electrons. The van der Waals surface area contributed by atoms with Gasteiger partial charge in [-0.15, -0.1) is 0 Å². The van der Waals surface area contributed by atoms with E-state index in [4.69, 9.17) is 0 Å². The van der Waals surface area contributed by atoms with Crippen molar-refractivity contribution in [1.29, 1.82) is 0 Å². The number of fused-ring (bicyclic) bond motifs is 1. The Labute approximate surface area is 105 Å². The van der Waals surface area contributed by atoms with Crippen LogP contribution in [-0.2, 0) is 13.5 Å². The van der Waals surface area contributed by atoms with Gasteiger partial charge in [-0.3, -0.25) is 14.8 Å². The molecule has 0 fully saturated rings. The minimum absolute atomic E-state index is 0.00812. The number of rotatable bonds is 1. The molecule has 0 aromatic carbocycles. The fourth-order valence-corrected chi connectivity index (χ4v) is 2.09. The molecule has 2 aromatic rings. The number of nitrogens with zero attached hydrogens (tertiary/aromatic N) is 3. The second-order valence-corrected chi connectivity index (χ2v) is 4.41. The minimum atomic E-state index is -0.00812. The topological polar surface area (TPSA) is 47.2 Å². The number of aryl methyl sites for hydroxylation is 1. The molecule has 1 aliphatic heterocycles. The van der Waals surface area contributed by atoms with Crippen LogP contribution in [0.4, 0.5) is 0 Å². The van der Waals surface area contributed by atoms with Crippen LogP contribution in [-0.4, -0.2) is 22.3 Å². The molecule has 0 saturated heterocycles. The number of aromatic nitrogens is 2. The van der Waals surface area contributed by atoms with Gasteiger partial charge in [-0.2, -0.15) is 0 Å². The van der Waals surface area contributed by atoms with E-state index in [1.807, 2.05) is 24.7 Å². The zero-order chi connectivity index (χ0) is 12.5. The number of aliphatic imine (C=N–C) groups is 1. The average molecular weight is 239 g/mol. The monoisotopic (exact) mass is 239 g/mol. The van der Waals surface area contributed by atoms with Crippen molar-refractivity contribution in [3.63, 3.8) is 0 Å². The Balaban J connectivity index is 2.10. The lowest BCUT2D eigenvalue weighted by atomic mass is 10.0. The molecule has 18 heavy (non-hydrogen) atoms. The van der Waals surface area contributed by atoms with Gasteiger partial charge in [0.2, 0.25) is 5.56 Å². The molecule has 4 heteroatoms. The van der Waals surface area contributed by atoms with Gasteiger partial charge >= 0.3 is 0 Å². The van der Waals surface area contributed by atoms with Gasteiger partial charge in [0.15, 0.2) is 0 Å². The van der Waals surface area contributed by atoms with Crippen LogP contribution in [0.15, 0.2) is 40.4 Å². The van der Waals surface area contributed by atoms with E-state index in [0.29, 0.717) is 0 Å². The number of hydrogen-bond acceptors (Lipinski definition) is 3. The van der Waals surface area contributed by atoms with Crippen LogP contribution in [0, 0.1) is 0 Å². The van der Waals surface area contributed by atoms with Crippen molar-refractivity contribution in [1.82, 2.24) is 9.55 Å². The summed E-state index contributed by atoms with van der Waals surface area (Å²) in [6.07, 6.45) is 6.46. The molecular weight excluding hydrogens is 226 g/mol. The summed E-state index contributed by atoms with van der Waals surface area (Å²) in [7, 11) is 1.75. The molecular formula is C14H13N3O. The third-order valence-corrected chi connectivity index (χ3v) is 3.13. The Hall–Kier alpha value is -2.23. The quantitative estimate of drug-likeness (QED) is 0.755. The van der Waals surface area contributed by atoms with Crippen LogP contribution >= 0.6 is 0 Å². The number of hydrogen-bond donors (Lipinski definition) is 0. The highest BCUT2D eigenvalue weighted by Crippen LogP contribution is 2.20. The fraction of sp³-hybridized carbons (Fsp3) is 0.214. The molecule has 0 N–H and O–H groups in total. The molecule has 4 nitrogen and oxygen atoms in total. The van der Waals surface area contributed by atoms with Gasteiger partial charge in [-0.05, 0) is 17.7 Å². The van der Waals surface area contributed by atoms with Crippen molar-refractivity contribution in [3.05, 3.63) is 52.2 Å². The first-order valence-corrected chi connectivity index (χ1v) is 5.90. The van der Waals surface area contributed by atoms with E-state index in [1.54, 1.807) is 17.7 Å². The van der Waals surface area contributed by atoms with E-state index in [0.717, 1.165) is 35.3 Å². The van der Waals surface area contributed by atoms with Crippen LogP contribution in [0.3, 0.4) is 0 Å². The van der Waals surface area contributed by atoms with Crippen molar-refractivity contribution in [2.75, 3.05) is 6.54 Å². The van der Waals surface area contributed by atoms with Crippen LogP contribution in [0.1, 0.15) is 11.3 Å². The van der Waals surface area contributed by atoms with Gasteiger partial charge in [-0.25, -0.2) is 0 Å². The maximum atomic E-state index is 11.4. The van der Waals surface area contributed by atoms with Crippen LogP contribution in [0.2, 0.25) is 0 Å². The third-order valence-electron chi connectivity index (χ3n) is 3.13. The molecule has 1 aliphatic rings. The molecule has 0 spiro atoms. The van der Waals surface area contributed by atoms with Gasteiger partial charge in [0.05, 0.1) is 5.69 Å². The summed E-state index contributed by atoms with van der Waals surface area (Å²) in [5, 5.41) is 0. The van der Waals surface area contributed by atoms with Gasteiger partial charge in [0.1, 0.15) is 0 Å². The minimum Gasteiger partial charge on any atom is -0.318 e. The maximum absolute atomic E-state index is 11.4. The first-order chi connectivity index (χ1) is 8.74. The van der Waals surface area contributed by atoms with E-state index >= 15 is 0 Å². The fourth-order valence-electron chi connectivity index (χ4n) is 2.09. The summed E-state index contributed by atoms with van der Waals surface area (Å²) in [5.74, 6) is 0. The smallest absolute Gasteiger partial charge is 0.250 e. The maximum Gasteiger partial charge on any atom is 0.250 e. The third kappa shape index (κ3) is 1.86. The van der Waals surface area contributed by atoms with Gasteiger partial charge in [0.25, 0.3) is 0 Å². The molecule has 0 bridgehead atoms. The normalized spacial score (nSPS) is 13.4. The molecule has 0 unspecified atom stereocenters. The van der Waals surface area contributed by atoms with Gasteiger partial charge in [0, 0.05) is 55.8 Å². The van der Waals surface area contributed by atoms with Gasteiger partial charge in [-0.1, -0.05) is 0 Å². The van der Waals surface area contributed by atoms with E-state index in [2.05, 4.69) is 16.0 Å². The Morgan fingerprint density at radius 1 is 1.28 bits per heavy atom. The van der Waals surface area contributed by atoms with E-state index in [-0.39, 0.29) is 5.56 Å². The predicted octanol–water partition coefficient (Wildman–Crippen LogP) is 1.42. The highest BCUT2D eigenvalue weighted by molar-refractivity contribution is 5.84. The zero-order valence-electron chi connectivity index (χ0n) is 10.1. The Kier molecular flexibility index (Phi) is 2.55. The highest BCUT2D eigenvalue weighted by Gasteiger charge is 2.08. The summed E-state index contributed by atoms with van der Waals surface area (Å²) in [5.41, 5.74) is 4.17. The lowest BCUT2D eigenvalue weighted by Crippen LogP contribution is -2.14. The largest absolute Gasteiger partial charge is 0.318 e. The highest BCUT2D eigenvalue weighted by atomic mass is 16.1. The summed E-state index contributed by atoms with van der Waals surface area (Å²) in [4.78, 5) is 20.1. The van der Waals surface area contributed by atoms with Crippen LogP contribution in [0.5, 0.6) is 0 Å². The molecule has 0 atom stereocenters. The Morgan fingerprint density at radius 3 is 3.00 bits per heavy atom. The average Bonchev–Trinajstić information content (AvgIpc) is 2.41. The molecule has 3 rings (SSSR count). The van der Waals surface area contributed by atoms with E-state index in [1.165, 1.54) is 0 Å². The first kappa shape index (κ1) is 10.9. The Morgan fingerprint density at radius 2 is 2.17 bits per heavy atom. The predicted molar refractivity (Wildman–Crippen MR) is 71.1 cm³/mol.